The van der Waals surface area contributed by atoms with Gasteiger partial charge in [0.15, 0.2) is 0 Å². The van der Waals surface area contributed by atoms with E-state index >= 15 is 0 Å². The van der Waals surface area contributed by atoms with Crippen LogP contribution in [-0.2, 0) is 4.74 Å². The van der Waals surface area contributed by atoms with E-state index in [-0.39, 0.29) is 16.7 Å². The predicted molar refractivity (Wildman–Crippen MR) is 116 cm³/mol. The van der Waals surface area contributed by atoms with Crippen molar-refractivity contribution in [2.24, 2.45) is 0 Å². The zero-order valence-electron chi connectivity index (χ0n) is 17.2. The van der Waals surface area contributed by atoms with Crippen LogP contribution in [0.5, 0.6) is 5.75 Å². The van der Waals surface area contributed by atoms with Crippen LogP contribution in [-0.4, -0.2) is 37.9 Å². The Morgan fingerprint density at radius 1 is 0.812 bits per heavy atom. The number of carbonyl (C=O) groups is 4. The number of benzene rings is 3. The third kappa shape index (κ3) is 3.58. The fraction of sp³-hybridized carbons (Fsp3) is 0.0833. The number of para-hydroxylation sites is 2. The zero-order chi connectivity index (χ0) is 22.8. The Bertz CT molecular complexity index is 1250. The van der Waals surface area contributed by atoms with Crippen molar-refractivity contribution in [3.63, 3.8) is 0 Å². The molecule has 160 valence electrons. The molecule has 0 fully saturated rings. The lowest BCUT2D eigenvalue weighted by atomic mass is 10.1. The van der Waals surface area contributed by atoms with E-state index in [1.807, 2.05) is 0 Å². The number of nitrogens with zero attached hydrogens (tertiary/aromatic N) is 1. The molecule has 1 aliphatic rings. The fourth-order valence-corrected chi connectivity index (χ4v) is 3.42. The van der Waals surface area contributed by atoms with E-state index in [1.165, 1.54) is 56.7 Å². The quantitative estimate of drug-likeness (QED) is 0.491. The molecule has 1 aliphatic heterocycles. The number of nitrogens with one attached hydrogen (secondary N) is 1. The molecule has 0 aromatic heterocycles. The van der Waals surface area contributed by atoms with Crippen LogP contribution in [0.25, 0.3) is 0 Å². The summed E-state index contributed by atoms with van der Waals surface area (Å²) in [5.41, 5.74) is 1.63. The summed E-state index contributed by atoms with van der Waals surface area (Å²) in [5.74, 6) is -1.53. The first-order valence-corrected chi connectivity index (χ1v) is 9.60. The molecule has 0 saturated heterocycles. The Hall–Kier alpha value is -4.46. The summed E-state index contributed by atoms with van der Waals surface area (Å²) in [4.78, 5) is 51.2. The first-order valence-electron chi connectivity index (χ1n) is 9.60. The maximum atomic E-state index is 13.0. The van der Waals surface area contributed by atoms with E-state index in [1.54, 1.807) is 24.3 Å². The molecule has 0 atom stereocenters. The second-order valence-corrected chi connectivity index (χ2v) is 6.90. The molecule has 0 bridgehead atoms. The number of rotatable bonds is 5. The number of fused-ring (bicyclic) bond motifs is 1. The predicted octanol–water partition coefficient (Wildman–Crippen LogP) is 3.53. The van der Waals surface area contributed by atoms with Crippen molar-refractivity contribution in [3.8, 4) is 5.75 Å². The fourth-order valence-electron chi connectivity index (χ4n) is 3.42. The van der Waals surface area contributed by atoms with E-state index in [4.69, 9.17) is 4.74 Å². The number of esters is 1. The minimum absolute atomic E-state index is 0.125. The SMILES string of the molecule is COC(=O)c1ccc(N2C(=O)c3ccc(C(=O)Nc4ccccc4OC)cc3C2=O)cc1. The van der Waals surface area contributed by atoms with E-state index in [2.05, 4.69) is 10.1 Å². The maximum Gasteiger partial charge on any atom is 0.337 e. The molecule has 0 spiro atoms. The molecule has 0 saturated carbocycles. The summed E-state index contributed by atoms with van der Waals surface area (Å²) in [6.45, 7) is 0. The summed E-state index contributed by atoms with van der Waals surface area (Å²) >= 11 is 0. The molecule has 3 amide bonds. The number of carbonyl (C=O) groups excluding carboxylic acids is 4. The van der Waals surface area contributed by atoms with Gasteiger partial charge in [-0.15, -0.1) is 0 Å². The van der Waals surface area contributed by atoms with E-state index in [0.717, 1.165) is 4.90 Å². The molecule has 0 radical (unpaired) electrons. The maximum absolute atomic E-state index is 13.0. The van der Waals surface area contributed by atoms with Gasteiger partial charge in [0, 0.05) is 5.56 Å². The molecule has 0 unspecified atom stereocenters. The van der Waals surface area contributed by atoms with E-state index in [9.17, 15) is 19.2 Å². The highest BCUT2D eigenvalue weighted by Crippen LogP contribution is 2.30. The topological polar surface area (TPSA) is 102 Å². The summed E-state index contributed by atoms with van der Waals surface area (Å²) in [7, 11) is 2.76. The summed E-state index contributed by atoms with van der Waals surface area (Å²) in [6, 6.07) is 17.2. The first-order chi connectivity index (χ1) is 15.4. The monoisotopic (exact) mass is 430 g/mol. The molecule has 8 nitrogen and oxygen atoms in total. The lowest BCUT2D eigenvalue weighted by Gasteiger charge is -2.14. The van der Waals surface area contributed by atoms with Gasteiger partial charge in [0.2, 0.25) is 0 Å². The second-order valence-electron chi connectivity index (χ2n) is 6.90. The standard InChI is InChI=1S/C24H18N2O6/c1-31-20-6-4-3-5-19(20)25-21(27)15-9-12-17-18(13-15)23(29)26(22(17)28)16-10-7-14(8-11-16)24(30)32-2/h3-13H,1-2H3,(H,25,27). The molecule has 8 heteroatoms. The van der Waals surface area contributed by atoms with Crippen molar-refractivity contribution in [1.82, 2.24) is 0 Å². The molecule has 0 aliphatic carbocycles. The average molecular weight is 430 g/mol. The molecule has 3 aromatic rings. The van der Waals surface area contributed by atoms with Crippen LogP contribution in [0.4, 0.5) is 11.4 Å². The Balaban J connectivity index is 1.60. The second kappa shape index (κ2) is 8.35. The minimum atomic E-state index is -0.553. The van der Waals surface area contributed by atoms with Gasteiger partial charge in [0.05, 0.1) is 42.3 Å². The lowest BCUT2D eigenvalue weighted by Crippen LogP contribution is -2.29. The lowest BCUT2D eigenvalue weighted by molar-refractivity contribution is 0.0600. The van der Waals surface area contributed by atoms with E-state index < -0.39 is 23.7 Å². The molecule has 3 aromatic carbocycles. The Morgan fingerprint density at radius 3 is 2.16 bits per heavy atom. The van der Waals surface area contributed by atoms with Crippen molar-refractivity contribution in [1.29, 1.82) is 0 Å². The largest absolute Gasteiger partial charge is 0.495 e. The van der Waals surface area contributed by atoms with Crippen molar-refractivity contribution < 1.29 is 28.7 Å². The zero-order valence-corrected chi connectivity index (χ0v) is 17.2. The Kier molecular flexibility index (Phi) is 5.43. The van der Waals surface area contributed by atoms with Crippen LogP contribution in [0, 0.1) is 0 Å². The minimum Gasteiger partial charge on any atom is -0.495 e. The van der Waals surface area contributed by atoms with Gasteiger partial charge in [-0.3, -0.25) is 14.4 Å². The van der Waals surface area contributed by atoms with Crippen LogP contribution < -0.4 is 15.0 Å². The van der Waals surface area contributed by atoms with Crippen LogP contribution in [0.15, 0.2) is 66.7 Å². The van der Waals surface area contributed by atoms with Gasteiger partial charge in [-0.1, -0.05) is 12.1 Å². The van der Waals surface area contributed by atoms with Crippen LogP contribution in [0.1, 0.15) is 41.4 Å². The van der Waals surface area contributed by atoms with Gasteiger partial charge in [-0.25, -0.2) is 9.69 Å². The molecule has 4 rings (SSSR count). The number of ether oxygens (including phenoxy) is 2. The third-order valence-electron chi connectivity index (χ3n) is 5.05. The number of anilines is 2. The van der Waals surface area contributed by atoms with Gasteiger partial charge in [-0.2, -0.15) is 0 Å². The number of methoxy groups -OCH3 is 2. The van der Waals surface area contributed by atoms with Crippen LogP contribution in [0.3, 0.4) is 0 Å². The summed E-state index contributed by atoms with van der Waals surface area (Å²) in [5, 5.41) is 2.74. The highest BCUT2D eigenvalue weighted by molar-refractivity contribution is 6.34. The Labute approximate surface area is 183 Å². The first kappa shape index (κ1) is 20.8. The molecular weight excluding hydrogens is 412 g/mol. The van der Waals surface area contributed by atoms with Crippen molar-refractivity contribution in [3.05, 3.63) is 89.0 Å². The molecule has 1 heterocycles. The van der Waals surface area contributed by atoms with E-state index in [0.29, 0.717) is 22.7 Å². The molecular formula is C24H18N2O6. The smallest absolute Gasteiger partial charge is 0.337 e. The van der Waals surface area contributed by atoms with Crippen molar-refractivity contribution in [2.75, 3.05) is 24.4 Å². The average Bonchev–Trinajstić information content (AvgIpc) is 3.08. The highest BCUT2D eigenvalue weighted by Gasteiger charge is 2.37. The van der Waals surface area contributed by atoms with Crippen LogP contribution >= 0.6 is 0 Å². The van der Waals surface area contributed by atoms with Gasteiger partial charge >= 0.3 is 5.97 Å². The number of hydrogen-bond acceptors (Lipinski definition) is 6. The summed E-state index contributed by atoms with van der Waals surface area (Å²) in [6.07, 6.45) is 0. The van der Waals surface area contributed by atoms with Gasteiger partial charge in [0.25, 0.3) is 17.7 Å². The summed E-state index contributed by atoms with van der Waals surface area (Å²) < 4.78 is 9.89. The Morgan fingerprint density at radius 2 is 1.47 bits per heavy atom. The van der Waals surface area contributed by atoms with Crippen molar-refractivity contribution in [2.45, 2.75) is 0 Å². The molecule has 32 heavy (non-hydrogen) atoms. The van der Waals surface area contributed by atoms with Crippen LogP contribution in [0.2, 0.25) is 0 Å². The number of hydrogen-bond donors (Lipinski definition) is 1. The van der Waals surface area contributed by atoms with Gasteiger partial charge in [0.1, 0.15) is 5.75 Å². The molecule has 1 N–H and O–H groups in total. The highest BCUT2D eigenvalue weighted by atomic mass is 16.5. The number of amides is 3. The normalized spacial score (nSPS) is 12.4. The third-order valence-corrected chi connectivity index (χ3v) is 5.05. The van der Waals surface area contributed by atoms with Gasteiger partial charge in [-0.05, 0) is 54.6 Å². The van der Waals surface area contributed by atoms with Crippen molar-refractivity contribution >= 4 is 35.1 Å². The van der Waals surface area contributed by atoms with Gasteiger partial charge < -0.3 is 14.8 Å². The number of imide groups is 1.